The number of nitrogens with one attached hydrogen (secondary N) is 3. The molecule has 0 spiro atoms. The molecule has 0 bridgehead atoms. The van der Waals surface area contributed by atoms with E-state index in [2.05, 4.69) is 31.0 Å². The Morgan fingerprint density at radius 1 is 1.16 bits per heavy atom. The van der Waals surface area contributed by atoms with Gasteiger partial charge in [0.15, 0.2) is 0 Å². The molecule has 0 unspecified atom stereocenters. The molecule has 0 saturated heterocycles. The van der Waals surface area contributed by atoms with E-state index in [1.807, 2.05) is 6.07 Å². The van der Waals surface area contributed by atoms with Gasteiger partial charge >= 0.3 is 12.3 Å². The monoisotopic (exact) mass is 533 g/mol. The number of fused-ring (bicyclic) bond motifs is 1. The zero-order valence-electron chi connectivity index (χ0n) is 19.6. The van der Waals surface area contributed by atoms with E-state index in [0.717, 1.165) is 22.7 Å². The third-order valence-electron chi connectivity index (χ3n) is 5.33. The number of alkyl halides is 3. The first-order valence-electron chi connectivity index (χ1n) is 11.2. The molecule has 3 N–H and O–H groups in total. The Balaban J connectivity index is 1.32. The second-order valence-electron chi connectivity index (χ2n) is 7.98. The maximum Gasteiger partial charge on any atom is 0.421 e. The summed E-state index contributed by atoms with van der Waals surface area (Å²) in [5, 5.41) is 13.8. The van der Waals surface area contributed by atoms with Crippen LogP contribution in [0.1, 0.15) is 17.5 Å². The van der Waals surface area contributed by atoms with Crippen molar-refractivity contribution >= 4 is 46.1 Å². The van der Waals surface area contributed by atoms with Crippen LogP contribution in [0.5, 0.6) is 0 Å². The minimum absolute atomic E-state index is 0.00720. The molecule has 2 heterocycles. The van der Waals surface area contributed by atoms with E-state index in [1.54, 1.807) is 54.3 Å². The molecule has 0 aliphatic heterocycles. The van der Waals surface area contributed by atoms with E-state index in [4.69, 9.17) is 16.3 Å². The number of hydrogen-bond donors (Lipinski definition) is 3. The van der Waals surface area contributed by atoms with Crippen molar-refractivity contribution in [3.63, 3.8) is 0 Å². The second-order valence-corrected chi connectivity index (χ2v) is 8.39. The van der Waals surface area contributed by atoms with Crippen LogP contribution in [0.3, 0.4) is 0 Å². The van der Waals surface area contributed by atoms with Crippen molar-refractivity contribution in [3.05, 3.63) is 71.0 Å². The van der Waals surface area contributed by atoms with Gasteiger partial charge in [0.2, 0.25) is 5.95 Å². The molecule has 2 aromatic carbocycles. The summed E-state index contributed by atoms with van der Waals surface area (Å²) < 4.78 is 47.2. The zero-order chi connectivity index (χ0) is 26.4. The molecule has 4 aromatic rings. The van der Waals surface area contributed by atoms with Crippen LogP contribution in [-0.4, -0.2) is 39.0 Å². The number of nitrogens with zero attached hydrogens (tertiary/aromatic N) is 4. The molecule has 0 aliphatic rings. The van der Waals surface area contributed by atoms with Gasteiger partial charge < -0.3 is 20.7 Å². The van der Waals surface area contributed by atoms with E-state index >= 15 is 0 Å². The van der Waals surface area contributed by atoms with Crippen LogP contribution >= 0.6 is 11.6 Å². The minimum atomic E-state index is -4.65. The van der Waals surface area contributed by atoms with Crippen molar-refractivity contribution in [3.8, 4) is 0 Å². The van der Waals surface area contributed by atoms with Gasteiger partial charge in [0.05, 0.1) is 18.3 Å². The topological polar surface area (TPSA) is 106 Å². The SMILES string of the molecule is Cn1ncc2ccc(Nc3ncc(C(F)(F)F)c(NCCCOC(=O)NCc4ccccc4Cl)n3)cc21. The maximum absolute atomic E-state index is 13.5. The number of ether oxygens (including phenoxy) is 1. The molecule has 0 aliphatic carbocycles. The lowest BCUT2D eigenvalue weighted by Gasteiger charge is -2.15. The van der Waals surface area contributed by atoms with Crippen molar-refractivity contribution in [1.29, 1.82) is 0 Å². The predicted molar refractivity (Wildman–Crippen MR) is 134 cm³/mol. The van der Waals surface area contributed by atoms with Gasteiger partial charge in [-0.1, -0.05) is 29.8 Å². The smallest absolute Gasteiger partial charge is 0.421 e. The first-order valence-corrected chi connectivity index (χ1v) is 11.6. The third kappa shape index (κ3) is 6.79. The van der Waals surface area contributed by atoms with Gasteiger partial charge in [-0.2, -0.15) is 23.3 Å². The summed E-state index contributed by atoms with van der Waals surface area (Å²) in [6.07, 6.45) is -2.62. The summed E-state index contributed by atoms with van der Waals surface area (Å²) in [4.78, 5) is 19.7. The molecule has 4 rings (SSSR count). The van der Waals surface area contributed by atoms with E-state index < -0.39 is 17.8 Å². The lowest BCUT2D eigenvalue weighted by Crippen LogP contribution is -2.25. The van der Waals surface area contributed by atoms with E-state index in [0.29, 0.717) is 10.7 Å². The molecule has 37 heavy (non-hydrogen) atoms. The van der Waals surface area contributed by atoms with Gasteiger partial charge in [-0.05, 0) is 36.2 Å². The fourth-order valence-electron chi connectivity index (χ4n) is 3.44. The van der Waals surface area contributed by atoms with Gasteiger partial charge in [-0.25, -0.2) is 9.78 Å². The van der Waals surface area contributed by atoms with Crippen molar-refractivity contribution in [1.82, 2.24) is 25.1 Å². The fourth-order valence-corrected chi connectivity index (χ4v) is 3.64. The highest BCUT2D eigenvalue weighted by atomic mass is 35.5. The molecule has 13 heteroatoms. The van der Waals surface area contributed by atoms with Gasteiger partial charge in [0.25, 0.3) is 0 Å². The lowest BCUT2D eigenvalue weighted by molar-refractivity contribution is -0.137. The van der Waals surface area contributed by atoms with Crippen molar-refractivity contribution in [2.45, 2.75) is 19.1 Å². The molecule has 1 amide bonds. The quantitative estimate of drug-likeness (QED) is 0.244. The van der Waals surface area contributed by atoms with Gasteiger partial charge in [-0.3, -0.25) is 4.68 Å². The number of aromatic nitrogens is 4. The Labute approximate surface area is 215 Å². The summed E-state index contributed by atoms with van der Waals surface area (Å²) in [7, 11) is 1.79. The van der Waals surface area contributed by atoms with Gasteiger partial charge in [-0.15, -0.1) is 0 Å². The Bertz CT molecular complexity index is 1390. The Morgan fingerprint density at radius 3 is 2.76 bits per heavy atom. The van der Waals surface area contributed by atoms with Crippen LogP contribution in [0.2, 0.25) is 5.02 Å². The van der Waals surface area contributed by atoms with Crippen molar-refractivity contribution < 1.29 is 22.7 Å². The van der Waals surface area contributed by atoms with E-state index in [1.165, 1.54) is 0 Å². The van der Waals surface area contributed by atoms with E-state index in [-0.39, 0.29) is 37.9 Å². The number of carbonyl (C=O) groups excluding carboxylic acids is 1. The number of alkyl carbamates (subject to hydrolysis) is 1. The highest BCUT2D eigenvalue weighted by Gasteiger charge is 2.35. The normalized spacial score (nSPS) is 11.4. The summed E-state index contributed by atoms with van der Waals surface area (Å²) in [6, 6.07) is 12.4. The molecular formula is C24H23ClF3N7O2. The number of amides is 1. The Morgan fingerprint density at radius 2 is 1.97 bits per heavy atom. The average Bonchev–Trinajstić information content (AvgIpc) is 3.23. The van der Waals surface area contributed by atoms with Crippen LogP contribution in [-0.2, 0) is 24.5 Å². The van der Waals surface area contributed by atoms with Crippen molar-refractivity contribution in [2.24, 2.45) is 7.05 Å². The number of rotatable bonds is 9. The average molecular weight is 534 g/mol. The summed E-state index contributed by atoms with van der Waals surface area (Å²) in [6.45, 7) is 0.262. The van der Waals surface area contributed by atoms with Crippen LogP contribution in [0, 0.1) is 0 Å². The molecule has 0 fully saturated rings. The molecule has 194 valence electrons. The standard InChI is InChI=1S/C24H23ClF3N7O2/c1-35-20-11-17(8-7-16(20)13-32-35)33-22-30-14-18(24(26,27)28)21(34-22)29-9-4-10-37-23(36)31-12-15-5-2-3-6-19(15)25/h2-3,5-8,11,13-14H,4,9-10,12H2,1H3,(H,31,36)(H2,29,30,33,34). The molecule has 0 saturated carbocycles. The van der Waals surface area contributed by atoms with Crippen molar-refractivity contribution in [2.75, 3.05) is 23.8 Å². The molecule has 2 aromatic heterocycles. The summed E-state index contributed by atoms with van der Waals surface area (Å²) in [5.74, 6) is -0.387. The van der Waals surface area contributed by atoms with Crippen LogP contribution in [0.4, 0.5) is 35.4 Å². The Hall–Kier alpha value is -4.06. The third-order valence-corrected chi connectivity index (χ3v) is 5.70. The lowest BCUT2D eigenvalue weighted by atomic mass is 10.2. The van der Waals surface area contributed by atoms with Crippen LogP contribution in [0.15, 0.2) is 54.9 Å². The first kappa shape index (κ1) is 26.0. The van der Waals surface area contributed by atoms with Crippen LogP contribution < -0.4 is 16.0 Å². The fraction of sp³-hybridized carbons (Fsp3) is 0.250. The highest BCUT2D eigenvalue weighted by Crippen LogP contribution is 2.34. The number of anilines is 3. The largest absolute Gasteiger partial charge is 0.449 e. The molecule has 0 atom stereocenters. The maximum atomic E-state index is 13.5. The van der Waals surface area contributed by atoms with E-state index in [9.17, 15) is 18.0 Å². The number of hydrogen-bond acceptors (Lipinski definition) is 7. The predicted octanol–water partition coefficient (Wildman–Crippen LogP) is 5.51. The van der Waals surface area contributed by atoms with Gasteiger partial charge in [0, 0.05) is 42.4 Å². The Kier molecular flexibility index (Phi) is 7.97. The number of aryl methyl sites for hydroxylation is 1. The number of benzene rings is 2. The number of halogens is 4. The summed E-state index contributed by atoms with van der Waals surface area (Å²) in [5.41, 5.74) is 1.17. The van der Waals surface area contributed by atoms with Gasteiger partial charge in [0.1, 0.15) is 11.4 Å². The number of carbonyl (C=O) groups is 1. The van der Waals surface area contributed by atoms with Crippen LogP contribution in [0.25, 0.3) is 10.9 Å². The summed E-state index contributed by atoms with van der Waals surface area (Å²) >= 11 is 6.04. The second kappa shape index (κ2) is 11.3. The minimum Gasteiger partial charge on any atom is -0.449 e. The molecule has 0 radical (unpaired) electrons. The zero-order valence-corrected chi connectivity index (χ0v) is 20.4. The molecule has 9 nitrogen and oxygen atoms in total. The highest BCUT2D eigenvalue weighted by molar-refractivity contribution is 6.31. The first-order chi connectivity index (χ1) is 17.7. The molecular weight excluding hydrogens is 511 g/mol.